The molecule has 0 amide bonds. The molecular weight excluding hydrogens is 393 g/mol. The summed E-state index contributed by atoms with van der Waals surface area (Å²) in [6.07, 6.45) is 0.534. The number of rotatable bonds is 4. The minimum absolute atomic E-state index is 0.126. The Morgan fingerprint density at radius 2 is 2.00 bits per heavy atom. The Balaban J connectivity index is 1.61. The van der Waals surface area contributed by atoms with Crippen LogP contribution in [0.25, 0.3) is 22.3 Å². The quantitative estimate of drug-likeness (QED) is 0.674. The number of nitrogens with zero attached hydrogens (tertiary/aromatic N) is 5. The number of hydrogen-bond donors (Lipinski definition) is 1. The Bertz CT molecular complexity index is 1080. The van der Waals surface area contributed by atoms with Crippen LogP contribution in [0.15, 0.2) is 24.5 Å². The fourth-order valence-electron chi connectivity index (χ4n) is 4.14. The Morgan fingerprint density at radius 3 is 2.63 bits per heavy atom. The van der Waals surface area contributed by atoms with E-state index in [0.29, 0.717) is 37.1 Å². The summed E-state index contributed by atoms with van der Waals surface area (Å²) >= 11 is 0. The lowest BCUT2D eigenvalue weighted by atomic mass is 9.92. The molecule has 9 heteroatoms. The van der Waals surface area contributed by atoms with Crippen molar-refractivity contribution in [3.8, 4) is 17.3 Å². The topological polar surface area (TPSA) is 73.5 Å². The molecule has 0 radical (unpaired) electrons. The molecule has 1 fully saturated rings. The molecule has 0 aromatic carbocycles. The predicted molar refractivity (Wildman–Crippen MR) is 107 cm³/mol. The second-order valence-corrected chi connectivity index (χ2v) is 8.09. The summed E-state index contributed by atoms with van der Waals surface area (Å²) in [5.74, 6) is 0.164. The van der Waals surface area contributed by atoms with Crippen molar-refractivity contribution in [1.29, 1.82) is 5.26 Å². The van der Waals surface area contributed by atoms with Crippen LogP contribution in [0.5, 0.6) is 0 Å². The smallest absolute Gasteiger partial charge is 0.345 e. The number of nitriles is 1. The molecule has 0 saturated carbocycles. The van der Waals surface area contributed by atoms with Crippen molar-refractivity contribution >= 4 is 11.0 Å². The minimum atomic E-state index is -4.16. The van der Waals surface area contributed by atoms with Crippen LogP contribution in [0.1, 0.15) is 49.9 Å². The number of alkyl halides is 3. The fourth-order valence-corrected chi connectivity index (χ4v) is 4.14. The molecular formula is C21H23F3N6. The van der Waals surface area contributed by atoms with Gasteiger partial charge in [0.2, 0.25) is 0 Å². The third kappa shape index (κ3) is 4.05. The van der Waals surface area contributed by atoms with Gasteiger partial charge in [-0.2, -0.15) is 23.5 Å². The number of likely N-dealkylation sites (tertiary alicyclic amines) is 1. The first-order valence-corrected chi connectivity index (χ1v) is 10.0. The summed E-state index contributed by atoms with van der Waals surface area (Å²) in [5.41, 5.74) is 3.79. The van der Waals surface area contributed by atoms with Gasteiger partial charge in [-0.3, -0.25) is 9.58 Å². The highest BCUT2D eigenvalue weighted by atomic mass is 19.4. The Labute approximate surface area is 172 Å². The number of hydrogen-bond acceptors (Lipinski definition) is 4. The molecule has 1 aliphatic rings. The van der Waals surface area contributed by atoms with Gasteiger partial charge in [0.1, 0.15) is 11.7 Å². The maximum atomic E-state index is 12.7. The maximum absolute atomic E-state index is 12.7. The highest BCUT2D eigenvalue weighted by Crippen LogP contribution is 2.34. The zero-order chi connectivity index (χ0) is 21.5. The molecule has 4 rings (SSSR count). The third-order valence-electron chi connectivity index (χ3n) is 5.61. The van der Waals surface area contributed by atoms with E-state index in [-0.39, 0.29) is 12.0 Å². The van der Waals surface area contributed by atoms with E-state index in [4.69, 9.17) is 5.10 Å². The van der Waals surface area contributed by atoms with Gasteiger partial charge in [-0.1, -0.05) is 0 Å². The average molecular weight is 416 g/mol. The summed E-state index contributed by atoms with van der Waals surface area (Å²) in [6.45, 7) is 4.08. The molecule has 1 saturated heterocycles. The standard InChI is InChI=1S/C21H23F3N6/c1-13(2)30-19(14-3-5-29(6-4-14)12-21(22,23)24)8-18(28-30)15-7-17-16(9-25)11-27-20(17)26-10-15/h7-8,10-11,13-14H,3-6,12H2,1-2H3,(H,26,27). The zero-order valence-electron chi connectivity index (χ0n) is 16.9. The fraction of sp³-hybridized carbons (Fsp3) is 0.476. The van der Waals surface area contributed by atoms with Gasteiger partial charge >= 0.3 is 6.18 Å². The summed E-state index contributed by atoms with van der Waals surface area (Å²) in [5, 5.41) is 14.8. The van der Waals surface area contributed by atoms with E-state index in [0.717, 1.165) is 22.3 Å². The van der Waals surface area contributed by atoms with Crippen LogP contribution in [0, 0.1) is 11.3 Å². The maximum Gasteiger partial charge on any atom is 0.401 e. The number of fused-ring (bicyclic) bond motifs is 1. The predicted octanol–water partition coefficient (Wildman–Crippen LogP) is 4.62. The van der Waals surface area contributed by atoms with Gasteiger partial charge in [-0.25, -0.2) is 4.98 Å². The van der Waals surface area contributed by atoms with Crippen LogP contribution >= 0.6 is 0 Å². The number of pyridine rings is 1. The molecule has 3 aromatic rings. The lowest BCUT2D eigenvalue weighted by Gasteiger charge is -2.32. The lowest BCUT2D eigenvalue weighted by Crippen LogP contribution is -2.39. The van der Waals surface area contributed by atoms with Crippen molar-refractivity contribution < 1.29 is 13.2 Å². The van der Waals surface area contributed by atoms with Crippen molar-refractivity contribution in [2.45, 2.75) is 44.8 Å². The minimum Gasteiger partial charge on any atom is -0.345 e. The molecule has 0 bridgehead atoms. The summed E-state index contributed by atoms with van der Waals surface area (Å²) < 4.78 is 40.0. The van der Waals surface area contributed by atoms with Gasteiger partial charge < -0.3 is 4.98 Å². The second kappa shape index (κ2) is 7.76. The van der Waals surface area contributed by atoms with Crippen LogP contribution in [-0.2, 0) is 0 Å². The number of piperidine rings is 1. The Kier molecular flexibility index (Phi) is 5.28. The van der Waals surface area contributed by atoms with E-state index in [1.165, 1.54) is 4.90 Å². The molecule has 30 heavy (non-hydrogen) atoms. The van der Waals surface area contributed by atoms with Crippen LogP contribution in [0.2, 0.25) is 0 Å². The van der Waals surface area contributed by atoms with Crippen LogP contribution in [-0.4, -0.2) is 50.5 Å². The van der Waals surface area contributed by atoms with E-state index < -0.39 is 12.7 Å². The van der Waals surface area contributed by atoms with E-state index >= 15 is 0 Å². The van der Waals surface area contributed by atoms with E-state index in [1.807, 2.05) is 30.7 Å². The van der Waals surface area contributed by atoms with Crippen LogP contribution in [0.4, 0.5) is 13.2 Å². The first-order valence-electron chi connectivity index (χ1n) is 10.0. The van der Waals surface area contributed by atoms with Gasteiger partial charge in [0.05, 0.1) is 17.8 Å². The molecule has 3 aromatic heterocycles. The number of H-pyrrole nitrogens is 1. The molecule has 0 atom stereocenters. The Hall–Kier alpha value is -2.86. The van der Waals surface area contributed by atoms with Crippen molar-refractivity contribution in [1.82, 2.24) is 24.6 Å². The SMILES string of the molecule is CC(C)n1nc(-c2cnc3[nH]cc(C#N)c3c2)cc1C1CCN(CC(F)(F)F)CC1. The number of aromatic nitrogens is 4. The zero-order valence-corrected chi connectivity index (χ0v) is 16.9. The summed E-state index contributed by atoms with van der Waals surface area (Å²) in [4.78, 5) is 8.85. The van der Waals surface area contributed by atoms with Gasteiger partial charge in [0.25, 0.3) is 0 Å². The molecule has 4 heterocycles. The van der Waals surface area contributed by atoms with Crippen LogP contribution < -0.4 is 0 Å². The largest absolute Gasteiger partial charge is 0.401 e. The molecule has 0 unspecified atom stereocenters. The van der Waals surface area contributed by atoms with Gasteiger partial charge in [0, 0.05) is 41.0 Å². The summed E-state index contributed by atoms with van der Waals surface area (Å²) in [7, 11) is 0. The normalized spacial score (nSPS) is 16.4. The van der Waals surface area contributed by atoms with Crippen molar-refractivity contribution in [3.63, 3.8) is 0 Å². The van der Waals surface area contributed by atoms with E-state index in [2.05, 4.69) is 16.0 Å². The Morgan fingerprint density at radius 1 is 1.27 bits per heavy atom. The summed E-state index contributed by atoms with van der Waals surface area (Å²) in [6, 6.07) is 6.20. The molecule has 1 N–H and O–H groups in total. The van der Waals surface area contributed by atoms with E-state index in [1.54, 1.807) is 12.4 Å². The lowest BCUT2D eigenvalue weighted by molar-refractivity contribution is -0.148. The van der Waals surface area contributed by atoms with Crippen molar-refractivity contribution in [2.75, 3.05) is 19.6 Å². The molecule has 1 aliphatic heterocycles. The highest BCUT2D eigenvalue weighted by molar-refractivity contribution is 5.86. The number of halogens is 3. The molecule has 6 nitrogen and oxygen atoms in total. The third-order valence-corrected chi connectivity index (χ3v) is 5.61. The van der Waals surface area contributed by atoms with Gasteiger partial charge in [0.15, 0.2) is 0 Å². The van der Waals surface area contributed by atoms with Crippen molar-refractivity contribution in [3.05, 3.63) is 35.8 Å². The average Bonchev–Trinajstić information content (AvgIpc) is 3.31. The van der Waals surface area contributed by atoms with Gasteiger partial charge in [-0.15, -0.1) is 0 Å². The van der Waals surface area contributed by atoms with Crippen LogP contribution in [0.3, 0.4) is 0 Å². The van der Waals surface area contributed by atoms with Crippen molar-refractivity contribution in [2.24, 2.45) is 0 Å². The second-order valence-electron chi connectivity index (χ2n) is 8.09. The highest BCUT2D eigenvalue weighted by Gasteiger charge is 2.33. The first-order chi connectivity index (χ1) is 14.2. The van der Waals surface area contributed by atoms with E-state index in [9.17, 15) is 18.4 Å². The molecule has 0 aliphatic carbocycles. The molecule has 0 spiro atoms. The number of nitrogens with one attached hydrogen (secondary N) is 1. The first kappa shape index (κ1) is 20.4. The monoisotopic (exact) mass is 416 g/mol. The molecule has 158 valence electrons. The van der Waals surface area contributed by atoms with Gasteiger partial charge in [-0.05, 0) is 51.9 Å². The number of aromatic amines is 1.